The molecule has 2 aromatic heterocycles. The van der Waals surface area contributed by atoms with Gasteiger partial charge in [0.1, 0.15) is 17.3 Å². The Balaban J connectivity index is 1.61. The van der Waals surface area contributed by atoms with Gasteiger partial charge in [-0.2, -0.15) is 19.6 Å². The lowest BCUT2D eigenvalue weighted by Gasteiger charge is -2.07. The van der Waals surface area contributed by atoms with Gasteiger partial charge in [0.15, 0.2) is 0 Å². The highest BCUT2D eigenvalue weighted by atomic mass is 35.5. The molecule has 0 saturated carbocycles. The lowest BCUT2D eigenvalue weighted by atomic mass is 10.4. The predicted octanol–water partition coefficient (Wildman–Crippen LogP) is 2.98. The van der Waals surface area contributed by atoms with E-state index in [2.05, 4.69) is 32.5 Å². The summed E-state index contributed by atoms with van der Waals surface area (Å²) in [5.41, 5.74) is 0. The van der Waals surface area contributed by atoms with Crippen LogP contribution < -0.4 is 5.32 Å². The molecule has 0 saturated heterocycles. The van der Waals surface area contributed by atoms with Crippen LogP contribution in [0, 0.1) is 0 Å². The average molecular weight is 306 g/mol. The summed E-state index contributed by atoms with van der Waals surface area (Å²) in [5.74, 6) is 2.24. The summed E-state index contributed by atoms with van der Waals surface area (Å²) in [7, 11) is 0. The smallest absolute Gasteiger partial charge is 0.255 e. The first-order chi connectivity index (χ1) is 9.83. The van der Waals surface area contributed by atoms with Gasteiger partial charge in [0, 0.05) is 23.3 Å². The van der Waals surface area contributed by atoms with Crippen LogP contribution in [0.5, 0.6) is 0 Å². The molecule has 0 bridgehead atoms. The molecule has 0 aliphatic carbocycles. The second-order valence-corrected chi connectivity index (χ2v) is 5.58. The van der Waals surface area contributed by atoms with E-state index in [1.165, 1.54) is 11.2 Å². The van der Waals surface area contributed by atoms with Gasteiger partial charge >= 0.3 is 0 Å². The second kappa shape index (κ2) is 6.11. The van der Waals surface area contributed by atoms with Gasteiger partial charge in [-0.05, 0) is 12.1 Å². The zero-order valence-corrected chi connectivity index (χ0v) is 12.1. The third-order valence-electron chi connectivity index (χ3n) is 2.64. The van der Waals surface area contributed by atoms with E-state index >= 15 is 0 Å². The molecule has 0 fully saturated rings. The van der Waals surface area contributed by atoms with Crippen molar-refractivity contribution in [2.45, 2.75) is 4.90 Å². The van der Waals surface area contributed by atoms with Crippen molar-refractivity contribution in [2.24, 2.45) is 0 Å². The average Bonchev–Trinajstić information content (AvgIpc) is 2.92. The molecule has 1 N–H and O–H groups in total. The van der Waals surface area contributed by atoms with Crippen LogP contribution in [0.2, 0.25) is 5.15 Å². The first-order valence-electron chi connectivity index (χ1n) is 6.11. The number of nitrogens with zero attached hydrogens (tertiary/aromatic N) is 4. The van der Waals surface area contributed by atoms with Gasteiger partial charge in [-0.25, -0.2) is 0 Å². The normalized spacial score (nSPS) is 10.8. The highest BCUT2D eigenvalue weighted by Crippen LogP contribution is 2.18. The largest absolute Gasteiger partial charge is 0.369 e. The van der Waals surface area contributed by atoms with Crippen LogP contribution in [0.1, 0.15) is 0 Å². The fourth-order valence-corrected chi connectivity index (χ4v) is 2.74. The van der Waals surface area contributed by atoms with Crippen LogP contribution >= 0.6 is 23.4 Å². The molecule has 0 aliphatic heterocycles. The lowest BCUT2D eigenvalue weighted by Crippen LogP contribution is -2.09. The first kappa shape index (κ1) is 13.2. The standard InChI is InChI=1S/C13H12ClN5S/c14-11-8-12(19-13(18-11)16-9-17-19)15-6-7-20-10-4-2-1-3-5-10/h1-5,8-9,15H,6-7H2. The zero-order chi connectivity index (χ0) is 13.8. The molecule has 1 aromatic carbocycles. The molecular formula is C13H12ClN5S. The summed E-state index contributed by atoms with van der Waals surface area (Å²) in [6, 6.07) is 12.0. The van der Waals surface area contributed by atoms with Crippen molar-refractivity contribution >= 4 is 35.0 Å². The van der Waals surface area contributed by atoms with Crippen LogP contribution in [0.25, 0.3) is 5.78 Å². The molecule has 7 heteroatoms. The monoisotopic (exact) mass is 305 g/mol. The molecule has 0 unspecified atom stereocenters. The fraction of sp³-hybridized carbons (Fsp3) is 0.154. The van der Waals surface area contributed by atoms with Gasteiger partial charge < -0.3 is 5.32 Å². The van der Waals surface area contributed by atoms with Gasteiger partial charge in [0.05, 0.1) is 0 Å². The van der Waals surface area contributed by atoms with Crippen LogP contribution in [-0.2, 0) is 0 Å². The molecule has 0 atom stereocenters. The van der Waals surface area contributed by atoms with Crippen molar-refractivity contribution in [2.75, 3.05) is 17.6 Å². The molecule has 0 aliphatic rings. The van der Waals surface area contributed by atoms with E-state index in [0.29, 0.717) is 10.9 Å². The number of thioether (sulfide) groups is 1. The van der Waals surface area contributed by atoms with E-state index in [0.717, 1.165) is 18.1 Å². The van der Waals surface area contributed by atoms with E-state index in [1.807, 2.05) is 18.2 Å². The number of rotatable bonds is 5. The quantitative estimate of drug-likeness (QED) is 0.446. The molecule has 20 heavy (non-hydrogen) atoms. The van der Waals surface area contributed by atoms with Crippen molar-refractivity contribution in [3.05, 3.63) is 47.9 Å². The van der Waals surface area contributed by atoms with Crippen molar-refractivity contribution in [1.29, 1.82) is 0 Å². The van der Waals surface area contributed by atoms with Crippen LogP contribution in [-0.4, -0.2) is 31.9 Å². The molecule has 3 rings (SSSR count). The molecule has 0 amide bonds. The molecule has 0 spiro atoms. The molecule has 2 heterocycles. The third kappa shape index (κ3) is 3.02. The van der Waals surface area contributed by atoms with E-state index in [4.69, 9.17) is 11.6 Å². The maximum Gasteiger partial charge on any atom is 0.255 e. The minimum absolute atomic E-state index is 0.406. The number of hydrogen-bond donors (Lipinski definition) is 1. The van der Waals surface area contributed by atoms with Crippen LogP contribution in [0.4, 0.5) is 5.82 Å². The van der Waals surface area contributed by atoms with Crippen molar-refractivity contribution in [1.82, 2.24) is 19.6 Å². The van der Waals surface area contributed by atoms with Gasteiger partial charge in [-0.3, -0.25) is 0 Å². The van der Waals surface area contributed by atoms with Gasteiger partial charge in [-0.1, -0.05) is 29.8 Å². The predicted molar refractivity (Wildman–Crippen MR) is 81.4 cm³/mol. The Bertz CT molecular complexity index is 700. The van der Waals surface area contributed by atoms with Gasteiger partial charge in [0.25, 0.3) is 5.78 Å². The Morgan fingerprint density at radius 1 is 1.25 bits per heavy atom. The summed E-state index contributed by atoms with van der Waals surface area (Å²) in [6.45, 7) is 0.800. The fourth-order valence-electron chi connectivity index (χ4n) is 1.77. The second-order valence-electron chi connectivity index (χ2n) is 4.02. The molecule has 3 aromatic rings. The highest BCUT2D eigenvalue weighted by Gasteiger charge is 2.05. The van der Waals surface area contributed by atoms with Crippen molar-refractivity contribution < 1.29 is 0 Å². The Kier molecular flexibility index (Phi) is 4.03. The van der Waals surface area contributed by atoms with Crippen molar-refractivity contribution in [3.8, 4) is 0 Å². The Labute approximate surface area is 125 Å². The summed E-state index contributed by atoms with van der Waals surface area (Å²) in [4.78, 5) is 9.37. The minimum Gasteiger partial charge on any atom is -0.369 e. The number of halogens is 1. The topological polar surface area (TPSA) is 55.1 Å². The maximum absolute atomic E-state index is 5.95. The Morgan fingerprint density at radius 2 is 2.10 bits per heavy atom. The lowest BCUT2D eigenvalue weighted by molar-refractivity contribution is 0.932. The maximum atomic E-state index is 5.95. The first-order valence-corrected chi connectivity index (χ1v) is 7.47. The van der Waals surface area contributed by atoms with Crippen LogP contribution in [0.3, 0.4) is 0 Å². The summed E-state index contributed by atoms with van der Waals surface area (Å²) >= 11 is 7.75. The number of fused-ring (bicyclic) bond motifs is 1. The number of hydrogen-bond acceptors (Lipinski definition) is 5. The van der Waals surface area contributed by atoms with E-state index in [9.17, 15) is 0 Å². The van der Waals surface area contributed by atoms with Crippen LogP contribution in [0.15, 0.2) is 47.6 Å². The van der Waals surface area contributed by atoms with E-state index in [1.54, 1.807) is 22.3 Å². The Morgan fingerprint density at radius 3 is 2.95 bits per heavy atom. The highest BCUT2D eigenvalue weighted by molar-refractivity contribution is 7.99. The molecule has 102 valence electrons. The molecular weight excluding hydrogens is 294 g/mol. The third-order valence-corrected chi connectivity index (χ3v) is 3.85. The van der Waals surface area contributed by atoms with E-state index < -0.39 is 0 Å². The number of benzene rings is 1. The Hall–Kier alpha value is -1.79. The number of aromatic nitrogens is 4. The summed E-state index contributed by atoms with van der Waals surface area (Å²) < 4.78 is 1.64. The molecule has 5 nitrogen and oxygen atoms in total. The van der Waals surface area contributed by atoms with Gasteiger partial charge in [0.2, 0.25) is 0 Å². The summed E-state index contributed by atoms with van der Waals surface area (Å²) in [6.07, 6.45) is 1.46. The number of anilines is 1. The zero-order valence-electron chi connectivity index (χ0n) is 10.5. The summed E-state index contributed by atoms with van der Waals surface area (Å²) in [5, 5.41) is 7.82. The van der Waals surface area contributed by atoms with E-state index in [-0.39, 0.29) is 0 Å². The molecule has 0 radical (unpaired) electrons. The van der Waals surface area contributed by atoms with Crippen molar-refractivity contribution in [3.63, 3.8) is 0 Å². The number of nitrogens with one attached hydrogen (secondary N) is 1. The SMILES string of the molecule is Clc1cc(NCCSc2ccccc2)n2ncnc2n1. The minimum atomic E-state index is 0.406. The van der Waals surface area contributed by atoms with Gasteiger partial charge in [-0.15, -0.1) is 11.8 Å².